The van der Waals surface area contributed by atoms with E-state index in [1.54, 1.807) is 33.8 Å². The molecule has 0 atom stereocenters. The number of aryl methyl sites for hydroxylation is 1. The second-order valence-corrected chi connectivity index (χ2v) is 4.93. The van der Waals surface area contributed by atoms with Gasteiger partial charge in [0.1, 0.15) is 11.4 Å². The van der Waals surface area contributed by atoms with Crippen molar-refractivity contribution in [1.29, 1.82) is 0 Å². The third-order valence-electron chi connectivity index (χ3n) is 2.13. The molecule has 0 saturated heterocycles. The Balaban J connectivity index is 2.53. The van der Waals surface area contributed by atoms with Crippen LogP contribution >= 0.6 is 0 Å². The molecule has 17 heavy (non-hydrogen) atoms. The molecule has 0 bridgehead atoms. The van der Waals surface area contributed by atoms with Crippen LogP contribution in [0.2, 0.25) is 0 Å². The maximum Gasteiger partial charge on any atom is 0.407 e. The van der Waals surface area contributed by atoms with Gasteiger partial charge in [0, 0.05) is 6.54 Å². The molecule has 0 unspecified atom stereocenters. The normalized spacial score (nSPS) is 11.1. The third-order valence-corrected chi connectivity index (χ3v) is 2.13. The van der Waals surface area contributed by atoms with Crippen LogP contribution in [0.5, 0.6) is 0 Å². The monoisotopic (exact) mass is 239 g/mol. The maximum atomic E-state index is 12.9. The number of benzene rings is 1. The summed E-state index contributed by atoms with van der Waals surface area (Å²) in [5.74, 6) is -0.275. The van der Waals surface area contributed by atoms with Crippen LogP contribution in [-0.2, 0) is 11.3 Å². The summed E-state index contributed by atoms with van der Waals surface area (Å²) in [5, 5.41) is 2.63. The zero-order valence-corrected chi connectivity index (χ0v) is 10.6. The van der Waals surface area contributed by atoms with E-state index in [4.69, 9.17) is 4.74 Å². The molecule has 0 aromatic heterocycles. The van der Waals surface area contributed by atoms with E-state index < -0.39 is 11.7 Å². The summed E-state index contributed by atoms with van der Waals surface area (Å²) in [6, 6.07) is 4.47. The van der Waals surface area contributed by atoms with Gasteiger partial charge in [0.15, 0.2) is 0 Å². The number of halogens is 1. The third kappa shape index (κ3) is 4.85. The highest BCUT2D eigenvalue weighted by Crippen LogP contribution is 2.11. The van der Waals surface area contributed by atoms with E-state index in [1.807, 2.05) is 0 Å². The van der Waals surface area contributed by atoms with Crippen molar-refractivity contribution in [3.05, 3.63) is 35.1 Å². The Morgan fingerprint density at radius 2 is 2.06 bits per heavy atom. The summed E-state index contributed by atoms with van der Waals surface area (Å²) in [7, 11) is 0. The fraction of sp³-hybridized carbons (Fsp3) is 0.462. The topological polar surface area (TPSA) is 38.3 Å². The second kappa shape index (κ2) is 5.17. The van der Waals surface area contributed by atoms with Crippen molar-refractivity contribution in [2.24, 2.45) is 0 Å². The number of carbonyl (C=O) groups excluding carboxylic acids is 1. The van der Waals surface area contributed by atoms with Gasteiger partial charge < -0.3 is 10.1 Å². The summed E-state index contributed by atoms with van der Waals surface area (Å²) in [6.45, 7) is 7.54. The van der Waals surface area contributed by atoms with Crippen LogP contribution < -0.4 is 5.32 Å². The molecule has 0 heterocycles. The highest BCUT2D eigenvalue weighted by atomic mass is 19.1. The molecule has 0 saturated carbocycles. The van der Waals surface area contributed by atoms with Crippen LogP contribution in [0.25, 0.3) is 0 Å². The molecule has 94 valence electrons. The van der Waals surface area contributed by atoms with Crippen molar-refractivity contribution in [3.8, 4) is 0 Å². The van der Waals surface area contributed by atoms with Crippen LogP contribution in [0.15, 0.2) is 18.2 Å². The first-order valence-corrected chi connectivity index (χ1v) is 5.50. The predicted octanol–water partition coefficient (Wildman–Crippen LogP) is 3.16. The summed E-state index contributed by atoms with van der Waals surface area (Å²) in [6.07, 6.45) is -0.471. The van der Waals surface area contributed by atoms with Gasteiger partial charge >= 0.3 is 6.09 Å². The zero-order chi connectivity index (χ0) is 13.1. The van der Waals surface area contributed by atoms with Gasteiger partial charge in [-0.25, -0.2) is 9.18 Å². The van der Waals surface area contributed by atoms with Crippen molar-refractivity contribution < 1.29 is 13.9 Å². The summed E-state index contributed by atoms with van der Waals surface area (Å²) in [4.78, 5) is 11.4. The highest BCUT2D eigenvalue weighted by molar-refractivity contribution is 5.67. The van der Waals surface area contributed by atoms with Gasteiger partial charge in [0.05, 0.1) is 0 Å². The van der Waals surface area contributed by atoms with Crippen molar-refractivity contribution in [3.63, 3.8) is 0 Å². The van der Waals surface area contributed by atoms with Crippen LogP contribution in [0.4, 0.5) is 9.18 Å². The van der Waals surface area contributed by atoms with Gasteiger partial charge in [-0.2, -0.15) is 0 Å². The summed E-state index contributed by atoms with van der Waals surface area (Å²) in [5.41, 5.74) is 1.17. The second-order valence-electron chi connectivity index (χ2n) is 4.93. The number of carbonyl (C=O) groups is 1. The van der Waals surface area contributed by atoms with Gasteiger partial charge in [0.2, 0.25) is 0 Å². The molecule has 0 spiro atoms. The Bertz CT molecular complexity index is 410. The Hall–Kier alpha value is -1.58. The molecule has 1 N–H and O–H groups in total. The van der Waals surface area contributed by atoms with E-state index >= 15 is 0 Å². The molecule has 0 aliphatic rings. The van der Waals surface area contributed by atoms with Crippen molar-refractivity contribution >= 4 is 6.09 Å². The summed E-state index contributed by atoms with van der Waals surface area (Å²) >= 11 is 0. The lowest BCUT2D eigenvalue weighted by molar-refractivity contribution is 0.0523. The van der Waals surface area contributed by atoms with Crippen LogP contribution in [0.1, 0.15) is 31.9 Å². The van der Waals surface area contributed by atoms with Gasteiger partial charge in [-0.1, -0.05) is 6.07 Å². The van der Waals surface area contributed by atoms with Crippen molar-refractivity contribution in [2.75, 3.05) is 0 Å². The van der Waals surface area contributed by atoms with Crippen LogP contribution in [0, 0.1) is 12.7 Å². The van der Waals surface area contributed by atoms with Crippen molar-refractivity contribution in [1.82, 2.24) is 5.32 Å². The molecule has 1 aromatic rings. The number of ether oxygens (including phenoxy) is 1. The van der Waals surface area contributed by atoms with E-state index in [0.717, 1.165) is 11.1 Å². The first kappa shape index (κ1) is 13.5. The first-order valence-electron chi connectivity index (χ1n) is 5.50. The minimum atomic E-state index is -0.512. The molecule has 4 heteroatoms. The lowest BCUT2D eigenvalue weighted by atomic mass is 10.1. The Morgan fingerprint density at radius 3 is 2.59 bits per heavy atom. The van der Waals surface area contributed by atoms with Gasteiger partial charge in [-0.3, -0.25) is 0 Å². The number of amides is 1. The number of hydrogen-bond donors (Lipinski definition) is 1. The quantitative estimate of drug-likeness (QED) is 0.860. The van der Waals surface area contributed by atoms with Gasteiger partial charge in [0.25, 0.3) is 0 Å². The first-order chi connectivity index (χ1) is 7.78. The fourth-order valence-electron chi connectivity index (χ4n) is 1.34. The Kier molecular flexibility index (Phi) is 4.10. The largest absolute Gasteiger partial charge is 0.444 e. The molecule has 1 amide bonds. The Morgan fingerprint density at radius 1 is 1.41 bits per heavy atom. The van der Waals surface area contributed by atoms with Crippen LogP contribution in [-0.4, -0.2) is 11.7 Å². The van der Waals surface area contributed by atoms with E-state index in [9.17, 15) is 9.18 Å². The molecule has 0 radical (unpaired) electrons. The highest BCUT2D eigenvalue weighted by Gasteiger charge is 2.15. The average Bonchev–Trinajstić information content (AvgIpc) is 2.13. The lowest BCUT2D eigenvalue weighted by Gasteiger charge is -2.19. The number of hydrogen-bond acceptors (Lipinski definition) is 2. The summed E-state index contributed by atoms with van der Waals surface area (Å²) < 4.78 is 18.0. The van der Waals surface area contributed by atoms with Gasteiger partial charge in [-0.15, -0.1) is 0 Å². The number of alkyl carbamates (subject to hydrolysis) is 1. The Labute approximate surface area is 101 Å². The smallest absolute Gasteiger partial charge is 0.407 e. The fourth-order valence-corrected chi connectivity index (χ4v) is 1.34. The van der Waals surface area contributed by atoms with E-state index in [-0.39, 0.29) is 5.82 Å². The molecule has 1 rings (SSSR count). The molecular weight excluding hydrogens is 221 g/mol. The number of nitrogens with one attached hydrogen (secondary N) is 1. The van der Waals surface area contributed by atoms with E-state index in [1.165, 1.54) is 12.1 Å². The zero-order valence-electron chi connectivity index (χ0n) is 10.6. The van der Waals surface area contributed by atoms with Crippen molar-refractivity contribution in [2.45, 2.75) is 39.8 Å². The standard InChI is InChI=1S/C13H18FNO2/c1-9-7-11(14)6-5-10(9)8-15-12(16)17-13(2,3)4/h5-7H,8H2,1-4H3,(H,15,16). The van der Waals surface area contributed by atoms with E-state index in [0.29, 0.717) is 6.54 Å². The lowest BCUT2D eigenvalue weighted by Crippen LogP contribution is -2.32. The molecule has 0 aliphatic heterocycles. The minimum absolute atomic E-state index is 0.275. The minimum Gasteiger partial charge on any atom is -0.444 e. The molecule has 1 aromatic carbocycles. The van der Waals surface area contributed by atoms with Crippen LogP contribution in [0.3, 0.4) is 0 Å². The molecule has 0 aliphatic carbocycles. The van der Waals surface area contributed by atoms with Gasteiger partial charge in [-0.05, 0) is 51.0 Å². The molecule has 0 fully saturated rings. The predicted molar refractivity (Wildman–Crippen MR) is 64.2 cm³/mol. The maximum absolute atomic E-state index is 12.9. The molecule has 3 nitrogen and oxygen atoms in total. The number of rotatable bonds is 2. The average molecular weight is 239 g/mol. The SMILES string of the molecule is Cc1cc(F)ccc1CNC(=O)OC(C)(C)C. The molecular formula is C13H18FNO2. The van der Waals surface area contributed by atoms with E-state index in [2.05, 4.69) is 5.32 Å².